The van der Waals surface area contributed by atoms with Crippen LogP contribution in [0.15, 0.2) is 65.3 Å². The molecule has 0 aliphatic heterocycles. The van der Waals surface area contributed by atoms with E-state index in [9.17, 15) is 4.79 Å². The van der Waals surface area contributed by atoms with Gasteiger partial charge >= 0.3 is 0 Å². The molecule has 0 radical (unpaired) electrons. The largest absolute Gasteiger partial charge is 0.294 e. The molecule has 3 aromatic rings. The molecule has 2 nitrogen and oxygen atoms in total. The lowest BCUT2D eigenvalue weighted by molar-refractivity contribution is 0.0993. The van der Waals surface area contributed by atoms with Crippen molar-refractivity contribution in [3.63, 3.8) is 0 Å². The third-order valence-electron chi connectivity index (χ3n) is 3.22. The van der Waals surface area contributed by atoms with E-state index in [2.05, 4.69) is 20.9 Å². The number of carbonyl (C=O) groups excluding carboxylic acids is 1. The van der Waals surface area contributed by atoms with E-state index >= 15 is 0 Å². The number of hydrogen-bond donors (Lipinski definition) is 0. The van der Waals surface area contributed by atoms with Crippen LogP contribution in [0.4, 0.5) is 0 Å². The topological polar surface area (TPSA) is 30.0 Å². The van der Waals surface area contributed by atoms with E-state index < -0.39 is 0 Å². The Morgan fingerprint density at radius 2 is 1.80 bits per heavy atom. The maximum atomic E-state index is 12.5. The number of halogens is 1. The molecule has 98 valence electrons. The molecule has 0 N–H and O–H groups in total. The second-order valence-corrected chi connectivity index (χ2v) is 5.51. The first-order valence-corrected chi connectivity index (χ1v) is 7.15. The predicted octanol–water partition coefficient (Wildman–Crippen LogP) is 4.42. The fourth-order valence-electron chi connectivity index (χ4n) is 2.24. The van der Waals surface area contributed by atoms with E-state index in [0.29, 0.717) is 6.42 Å². The van der Waals surface area contributed by atoms with Crippen LogP contribution in [0, 0.1) is 0 Å². The van der Waals surface area contributed by atoms with Crippen molar-refractivity contribution >= 4 is 32.5 Å². The highest BCUT2D eigenvalue weighted by molar-refractivity contribution is 9.10. The number of benzene rings is 2. The Morgan fingerprint density at radius 3 is 2.60 bits per heavy atom. The zero-order chi connectivity index (χ0) is 13.9. The summed E-state index contributed by atoms with van der Waals surface area (Å²) >= 11 is 3.34. The average Bonchev–Trinajstić information content (AvgIpc) is 2.49. The number of hydrogen-bond acceptors (Lipinski definition) is 2. The van der Waals surface area contributed by atoms with E-state index in [1.165, 1.54) is 0 Å². The monoisotopic (exact) mass is 325 g/mol. The molecule has 0 spiro atoms. The number of nitrogens with zero attached hydrogens (tertiary/aromatic N) is 1. The molecule has 2 aromatic carbocycles. The highest BCUT2D eigenvalue weighted by Gasteiger charge is 2.11. The molecule has 0 aliphatic carbocycles. The maximum absolute atomic E-state index is 12.5. The Morgan fingerprint density at radius 1 is 1.00 bits per heavy atom. The zero-order valence-electron chi connectivity index (χ0n) is 10.7. The molecule has 0 bridgehead atoms. The molecule has 1 heterocycles. The molecule has 0 atom stereocenters. The van der Waals surface area contributed by atoms with Crippen LogP contribution in [-0.4, -0.2) is 10.8 Å². The maximum Gasteiger partial charge on any atom is 0.169 e. The van der Waals surface area contributed by atoms with Crippen LogP contribution in [0.5, 0.6) is 0 Å². The number of rotatable bonds is 3. The molecule has 3 rings (SSSR count). The van der Waals surface area contributed by atoms with Crippen molar-refractivity contribution in [2.24, 2.45) is 0 Å². The smallest absolute Gasteiger partial charge is 0.169 e. The van der Waals surface area contributed by atoms with Gasteiger partial charge in [-0.1, -0.05) is 42.5 Å². The van der Waals surface area contributed by atoms with E-state index in [1.54, 1.807) is 6.20 Å². The summed E-state index contributed by atoms with van der Waals surface area (Å²) in [7, 11) is 0. The number of fused-ring (bicyclic) bond motifs is 1. The van der Waals surface area contributed by atoms with Gasteiger partial charge in [0, 0.05) is 21.9 Å². The van der Waals surface area contributed by atoms with Crippen molar-refractivity contribution in [2.75, 3.05) is 0 Å². The molecule has 0 unspecified atom stereocenters. The van der Waals surface area contributed by atoms with Gasteiger partial charge in [-0.25, -0.2) is 0 Å². The summed E-state index contributed by atoms with van der Waals surface area (Å²) in [6.45, 7) is 0. The number of Topliss-reactive ketones (excluding diaryl/α,β-unsaturated/α-hetero) is 1. The van der Waals surface area contributed by atoms with E-state index in [4.69, 9.17) is 0 Å². The van der Waals surface area contributed by atoms with Crippen molar-refractivity contribution in [3.05, 3.63) is 76.5 Å². The van der Waals surface area contributed by atoms with Gasteiger partial charge in [0.05, 0.1) is 6.42 Å². The van der Waals surface area contributed by atoms with Crippen LogP contribution in [0.1, 0.15) is 16.1 Å². The number of carbonyl (C=O) groups is 1. The minimum Gasteiger partial charge on any atom is -0.294 e. The van der Waals surface area contributed by atoms with Gasteiger partial charge in [0.1, 0.15) is 0 Å². The van der Waals surface area contributed by atoms with Crippen molar-refractivity contribution < 1.29 is 4.79 Å². The van der Waals surface area contributed by atoms with E-state index in [1.807, 2.05) is 54.6 Å². The van der Waals surface area contributed by atoms with Crippen LogP contribution in [0.25, 0.3) is 10.8 Å². The van der Waals surface area contributed by atoms with Gasteiger partial charge in [-0.3, -0.25) is 9.78 Å². The van der Waals surface area contributed by atoms with Crippen LogP contribution in [0.2, 0.25) is 0 Å². The third-order valence-corrected chi connectivity index (χ3v) is 3.69. The summed E-state index contributed by atoms with van der Waals surface area (Å²) in [5.41, 5.74) is 1.54. The Kier molecular flexibility index (Phi) is 3.61. The number of pyridine rings is 1. The quantitative estimate of drug-likeness (QED) is 0.667. The molecule has 3 heteroatoms. The fraction of sp³-hybridized carbons (Fsp3) is 0.0588. The Hall–Kier alpha value is -2.00. The second kappa shape index (κ2) is 5.55. The fourth-order valence-corrected chi connectivity index (χ4v) is 2.47. The molecule has 20 heavy (non-hydrogen) atoms. The first-order valence-electron chi connectivity index (χ1n) is 6.35. The average molecular weight is 326 g/mol. The highest BCUT2D eigenvalue weighted by atomic mass is 79.9. The Labute approximate surface area is 125 Å². The summed E-state index contributed by atoms with van der Waals surface area (Å²) in [5, 5.41) is 2.08. The van der Waals surface area contributed by atoms with E-state index in [-0.39, 0.29) is 5.78 Å². The first kappa shape index (κ1) is 13.0. The van der Waals surface area contributed by atoms with Gasteiger partial charge in [-0.2, -0.15) is 0 Å². The molecule has 0 amide bonds. The Balaban J connectivity index is 1.94. The highest BCUT2D eigenvalue weighted by Crippen LogP contribution is 2.20. The van der Waals surface area contributed by atoms with Gasteiger partial charge < -0.3 is 0 Å². The van der Waals surface area contributed by atoms with Gasteiger partial charge in [-0.05, 0) is 38.8 Å². The van der Waals surface area contributed by atoms with Gasteiger partial charge in [-0.15, -0.1) is 0 Å². The zero-order valence-corrected chi connectivity index (χ0v) is 12.3. The van der Waals surface area contributed by atoms with Crippen molar-refractivity contribution in [3.8, 4) is 0 Å². The minimum atomic E-state index is 0.0941. The van der Waals surface area contributed by atoms with Crippen LogP contribution < -0.4 is 0 Å². The van der Waals surface area contributed by atoms with Gasteiger partial charge in [0.2, 0.25) is 0 Å². The standard InChI is InChI=1S/C17H12BrNO/c18-13-8-9-14(19-11-13)10-17(20)16-7-3-5-12-4-1-2-6-15(12)16/h1-9,11H,10H2. The summed E-state index contributed by atoms with van der Waals surface area (Å²) < 4.78 is 0.916. The number of aromatic nitrogens is 1. The van der Waals surface area contributed by atoms with Crippen LogP contribution >= 0.6 is 15.9 Å². The molecule has 0 fully saturated rings. The SMILES string of the molecule is O=C(Cc1ccc(Br)cn1)c1cccc2ccccc12. The summed E-state index contributed by atoms with van der Waals surface area (Å²) in [4.78, 5) is 16.7. The minimum absolute atomic E-state index is 0.0941. The molecule has 1 aromatic heterocycles. The summed E-state index contributed by atoms with van der Waals surface area (Å²) in [6, 6.07) is 17.5. The lowest BCUT2D eigenvalue weighted by Gasteiger charge is -2.05. The normalized spacial score (nSPS) is 10.7. The van der Waals surface area contributed by atoms with Crippen molar-refractivity contribution in [1.29, 1.82) is 0 Å². The lowest BCUT2D eigenvalue weighted by atomic mass is 9.99. The number of ketones is 1. The van der Waals surface area contributed by atoms with Gasteiger partial charge in [0.15, 0.2) is 5.78 Å². The first-order chi connectivity index (χ1) is 9.74. The predicted molar refractivity (Wildman–Crippen MR) is 83.9 cm³/mol. The third kappa shape index (κ3) is 2.63. The molecule has 0 saturated carbocycles. The molecular weight excluding hydrogens is 314 g/mol. The molecular formula is C17H12BrNO. The van der Waals surface area contributed by atoms with Crippen molar-refractivity contribution in [2.45, 2.75) is 6.42 Å². The molecule has 0 saturated heterocycles. The summed E-state index contributed by atoms with van der Waals surface area (Å²) in [6.07, 6.45) is 2.03. The van der Waals surface area contributed by atoms with Crippen LogP contribution in [-0.2, 0) is 6.42 Å². The lowest BCUT2D eigenvalue weighted by Crippen LogP contribution is -2.05. The van der Waals surface area contributed by atoms with Crippen molar-refractivity contribution in [1.82, 2.24) is 4.98 Å². The van der Waals surface area contributed by atoms with Crippen LogP contribution in [0.3, 0.4) is 0 Å². The molecule has 0 aliphatic rings. The Bertz CT molecular complexity index is 760. The van der Waals surface area contributed by atoms with E-state index in [0.717, 1.165) is 26.5 Å². The summed E-state index contributed by atoms with van der Waals surface area (Å²) in [5.74, 6) is 0.0941. The second-order valence-electron chi connectivity index (χ2n) is 4.59. The van der Waals surface area contributed by atoms with Gasteiger partial charge in [0.25, 0.3) is 0 Å².